The fourth-order valence-electron chi connectivity index (χ4n) is 2.55. The third-order valence-electron chi connectivity index (χ3n) is 3.54. The van der Waals surface area contributed by atoms with Crippen LogP contribution in [-0.4, -0.2) is 15.4 Å². The fourth-order valence-corrected chi connectivity index (χ4v) is 3.04. The van der Waals surface area contributed by atoms with Crippen LogP contribution in [0.4, 0.5) is 0 Å². The van der Waals surface area contributed by atoms with Crippen LogP contribution >= 0.6 is 23.2 Å². The van der Waals surface area contributed by atoms with Gasteiger partial charge in [0.05, 0.1) is 21.7 Å². The molecule has 0 aliphatic rings. The number of aromatic nitrogens is 2. The first-order valence-corrected chi connectivity index (χ1v) is 7.82. The molecule has 0 bridgehead atoms. The minimum absolute atomic E-state index is 0.534. The molecule has 0 unspecified atom stereocenters. The summed E-state index contributed by atoms with van der Waals surface area (Å²) < 4.78 is 2.12. The number of halogens is 2. The summed E-state index contributed by atoms with van der Waals surface area (Å²) in [5, 5.41) is 0.728. The third-order valence-corrected chi connectivity index (χ3v) is 4.03. The van der Waals surface area contributed by atoms with Crippen LogP contribution in [0.1, 0.15) is 17.0 Å². The van der Waals surface area contributed by atoms with E-state index in [1.807, 2.05) is 25.1 Å². The normalized spacial score (nSPS) is 11.2. The zero-order valence-electron chi connectivity index (χ0n) is 12.0. The number of benzene rings is 2. The van der Waals surface area contributed by atoms with Crippen LogP contribution < -0.4 is 0 Å². The molecule has 0 amide bonds. The van der Waals surface area contributed by atoms with Gasteiger partial charge in [-0.15, -0.1) is 11.6 Å². The highest BCUT2D eigenvalue weighted by Crippen LogP contribution is 2.28. The van der Waals surface area contributed by atoms with Crippen molar-refractivity contribution in [1.82, 2.24) is 9.55 Å². The number of aryl methyl sites for hydroxylation is 3. The average Bonchev–Trinajstić information content (AvgIpc) is 2.77. The highest BCUT2D eigenvalue weighted by atomic mass is 35.5. The van der Waals surface area contributed by atoms with Gasteiger partial charge in [0.15, 0.2) is 0 Å². The van der Waals surface area contributed by atoms with Gasteiger partial charge in [0, 0.05) is 12.3 Å². The van der Waals surface area contributed by atoms with Crippen molar-refractivity contribution in [2.75, 3.05) is 5.88 Å². The second-order valence-electron chi connectivity index (χ2n) is 5.25. The first-order valence-electron chi connectivity index (χ1n) is 6.90. The number of rotatable bonds is 3. The molecule has 0 aliphatic carbocycles. The standard InChI is InChI=1S/C17H16Cl2N2/c1-11-4-6-15(13(19)9-11)21-16-10-12(2)3-5-14(16)20-17(21)7-8-18/h3-6,9-10H,7-8H2,1-2H3. The van der Waals surface area contributed by atoms with E-state index in [2.05, 4.69) is 29.7 Å². The highest BCUT2D eigenvalue weighted by Gasteiger charge is 2.14. The number of hydrogen-bond donors (Lipinski definition) is 0. The molecule has 0 fully saturated rings. The van der Waals surface area contributed by atoms with Crippen LogP contribution in [0, 0.1) is 13.8 Å². The summed E-state index contributed by atoms with van der Waals surface area (Å²) in [5.41, 5.74) is 5.33. The third kappa shape index (κ3) is 2.66. The van der Waals surface area contributed by atoms with E-state index < -0.39 is 0 Å². The van der Waals surface area contributed by atoms with Crippen molar-refractivity contribution < 1.29 is 0 Å². The minimum Gasteiger partial charge on any atom is -0.295 e. The van der Waals surface area contributed by atoms with Crippen LogP contribution in [-0.2, 0) is 6.42 Å². The summed E-state index contributed by atoms with van der Waals surface area (Å²) in [6, 6.07) is 12.3. The molecular weight excluding hydrogens is 303 g/mol. The van der Waals surface area contributed by atoms with Gasteiger partial charge < -0.3 is 0 Å². The van der Waals surface area contributed by atoms with E-state index in [1.54, 1.807) is 0 Å². The zero-order chi connectivity index (χ0) is 15.0. The summed E-state index contributed by atoms with van der Waals surface area (Å²) in [5.74, 6) is 1.47. The molecule has 3 rings (SSSR count). The van der Waals surface area contributed by atoms with Crippen LogP contribution in [0.2, 0.25) is 5.02 Å². The molecule has 2 nitrogen and oxygen atoms in total. The SMILES string of the molecule is Cc1ccc(-n2c(CCCl)nc3ccc(C)cc32)c(Cl)c1. The van der Waals surface area contributed by atoms with E-state index in [-0.39, 0.29) is 0 Å². The van der Waals surface area contributed by atoms with Crippen LogP contribution in [0.3, 0.4) is 0 Å². The van der Waals surface area contributed by atoms with Crippen LogP contribution in [0.25, 0.3) is 16.7 Å². The number of nitrogens with zero attached hydrogens (tertiary/aromatic N) is 2. The van der Waals surface area contributed by atoms with Gasteiger partial charge in [-0.2, -0.15) is 0 Å². The monoisotopic (exact) mass is 318 g/mol. The molecule has 0 saturated carbocycles. The van der Waals surface area contributed by atoms with Gasteiger partial charge in [0.2, 0.25) is 0 Å². The Kier molecular flexibility index (Phi) is 3.92. The van der Waals surface area contributed by atoms with Crippen molar-refractivity contribution in [2.24, 2.45) is 0 Å². The summed E-state index contributed by atoms with van der Waals surface area (Å²) in [6.45, 7) is 4.11. The number of alkyl halides is 1. The van der Waals surface area contributed by atoms with Crippen molar-refractivity contribution in [3.05, 3.63) is 58.4 Å². The zero-order valence-corrected chi connectivity index (χ0v) is 13.5. The Hall–Kier alpha value is -1.51. The molecule has 1 aromatic heterocycles. The molecule has 0 atom stereocenters. The van der Waals surface area contributed by atoms with E-state index in [0.29, 0.717) is 12.3 Å². The molecule has 21 heavy (non-hydrogen) atoms. The van der Waals surface area contributed by atoms with Gasteiger partial charge in [-0.05, 0) is 49.2 Å². The Morgan fingerprint density at radius 2 is 1.76 bits per heavy atom. The van der Waals surface area contributed by atoms with Gasteiger partial charge in [0.25, 0.3) is 0 Å². The molecular formula is C17H16Cl2N2. The Morgan fingerprint density at radius 1 is 1.05 bits per heavy atom. The molecule has 2 aromatic carbocycles. The quantitative estimate of drug-likeness (QED) is 0.616. The molecule has 4 heteroatoms. The van der Waals surface area contributed by atoms with Gasteiger partial charge in [-0.25, -0.2) is 4.98 Å². The first-order chi connectivity index (χ1) is 10.1. The largest absolute Gasteiger partial charge is 0.295 e. The highest BCUT2D eigenvalue weighted by molar-refractivity contribution is 6.32. The average molecular weight is 319 g/mol. The second-order valence-corrected chi connectivity index (χ2v) is 6.03. The minimum atomic E-state index is 0.534. The van der Waals surface area contributed by atoms with E-state index in [1.165, 1.54) is 5.56 Å². The van der Waals surface area contributed by atoms with Gasteiger partial charge in [0.1, 0.15) is 5.82 Å². The number of imidazole rings is 1. The lowest BCUT2D eigenvalue weighted by molar-refractivity contribution is 0.912. The summed E-state index contributed by atoms with van der Waals surface area (Å²) in [6.07, 6.45) is 0.708. The maximum Gasteiger partial charge on any atom is 0.115 e. The molecule has 0 spiro atoms. The van der Waals surface area contributed by atoms with E-state index >= 15 is 0 Å². The van der Waals surface area contributed by atoms with Gasteiger partial charge in [-0.1, -0.05) is 23.7 Å². The van der Waals surface area contributed by atoms with Crippen LogP contribution in [0.15, 0.2) is 36.4 Å². The summed E-state index contributed by atoms with van der Waals surface area (Å²) in [4.78, 5) is 4.70. The first kappa shape index (κ1) is 14.4. The van der Waals surface area contributed by atoms with Gasteiger partial charge >= 0.3 is 0 Å². The lowest BCUT2D eigenvalue weighted by atomic mass is 10.2. The lowest BCUT2D eigenvalue weighted by Crippen LogP contribution is -2.03. The maximum absolute atomic E-state index is 6.45. The fraction of sp³-hybridized carbons (Fsp3) is 0.235. The van der Waals surface area contributed by atoms with Crippen molar-refractivity contribution in [2.45, 2.75) is 20.3 Å². The predicted molar refractivity (Wildman–Crippen MR) is 90.0 cm³/mol. The molecule has 0 saturated heterocycles. The molecule has 3 aromatic rings. The number of fused-ring (bicyclic) bond motifs is 1. The lowest BCUT2D eigenvalue weighted by Gasteiger charge is -2.11. The maximum atomic E-state index is 6.45. The van der Waals surface area contributed by atoms with Crippen molar-refractivity contribution in [3.63, 3.8) is 0 Å². The van der Waals surface area contributed by atoms with E-state index in [4.69, 9.17) is 28.2 Å². The number of hydrogen-bond acceptors (Lipinski definition) is 1. The Bertz CT molecular complexity index is 806. The summed E-state index contributed by atoms with van der Waals surface area (Å²) in [7, 11) is 0. The van der Waals surface area contributed by atoms with Crippen molar-refractivity contribution >= 4 is 34.2 Å². The molecule has 108 valence electrons. The summed E-state index contributed by atoms with van der Waals surface area (Å²) >= 11 is 12.4. The molecule has 0 N–H and O–H groups in total. The van der Waals surface area contributed by atoms with Crippen molar-refractivity contribution in [1.29, 1.82) is 0 Å². The predicted octanol–water partition coefficient (Wildman–Crippen LogP) is 5.08. The smallest absolute Gasteiger partial charge is 0.115 e. The van der Waals surface area contributed by atoms with E-state index in [0.717, 1.165) is 33.1 Å². The molecule has 0 aliphatic heterocycles. The molecule has 1 heterocycles. The van der Waals surface area contributed by atoms with Crippen LogP contribution in [0.5, 0.6) is 0 Å². The second kappa shape index (κ2) is 5.70. The topological polar surface area (TPSA) is 17.8 Å². The Labute approximate surface area is 134 Å². The van der Waals surface area contributed by atoms with Crippen molar-refractivity contribution in [3.8, 4) is 5.69 Å². The Morgan fingerprint density at radius 3 is 2.48 bits per heavy atom. The molecule has 0 radical (unpaired) electrons. The van der Waals surface area contributed by atoms with Gasteiger partial charge in [-0.3, -0.25) is 4.57 Å². The van der Waals surface area contributed by atoms with E-state index in [9.17, 15) is 0 Å². The Balaban J connectivity index is 2.32.